The van der Waals surface area contributed by atoms with Crippen LogP contribution >= 0.6 is 11.3 Å². The Morgan fingerprint density at radius 1 is 1.29 bits per heavy atom. The van der Waals surface area contributed by atoms with Crippen molar-refractivity contribution in [3.63, 3.8) is 0 Å². The minimum absolute atomic E-state index is 0.00157. The molecule has 1 amide bonds. The van der Waals surface area contributed by atoms with Crippen LogP contribution in [0.1, 0.15) is 12.8 Å². The number of anilines is 1. The molecule has 1 fully saturated rings. The largest absolute Gasteiger partial charge is 0.381 e. The number of nitrogens with zero attached hydrogens (tertiary/aromatic N) is 1. The van der Waals surface area contributed by atoms with E-state index in [1.165, 1.54) is 23.5 Å². The maximum atomic E-state index is 12.9. The number of hydrogen-bond donors (Lipinski definition) is 1. The fourth-order valence-corrected chi connectivity index (χ4v) is 2.97. The van der Waals surface area contributed by atoms with Gasteiger partial charge in [0.2, 0.25) is 5.91 Å². The molecule has 21 heavy (non-hydrogen) atoms. The fourth-order valence-electron chi connectivity index (χ4n) is 2.25. The number of rotatable bonds is 3. The Morgan fingerprint density at radius 2 is 2.00 bits per heavy atom. The van der Waals surface area contributed by atoms with Gasteiger partial charge in [-0.25, -0.2) is 9.37 Å². The van der Waals surface area contributed by atoms with Crippen molar-refractivity contribution in [2.45, 2.75) is 12.8 Å². The van der Waals surface area contributed by atoms with Crippen molar-refractivity contribution in [2.24, 2.45) is 5.92 Å². The molecule has 4 nitrogen and oxygen atoms in total. The third-order valence-corrected chi connectivity index (χ3v) is 4.22. The first kappa shape index (κ1) is 14.2. The van der Waals surface area contributed by atoms with Gasteiger partial charge in [0, 0.05) is 30.1 Å². The number of ether oxygens (including phenoxy) is 1. The highest BCUT2D eigenvalue weighted by molar-refractivity contribution is 7.14. The van der Waals surface area contributed by atoms with Gasteiger partial charge in [0.1, 0.15) is 5.82 Å². The van der Waals surface area contributed by atoms with Crippen LogP contribution in [-0.2, 0) is 9.53 Å². The second-order valence-electron chi connectivity index (χ2n) is 4.92. The van der Waals surface area contributed by atoms with E-state index in [2.05, 4.69) is 10.3 Å². The molecule has 2 heterocycles. The Bertz CT molecular complexity index is 621. The first-order valence-electron chi connectivity index (χ1n) is 6.82. The lowest BCUT2D eigenvalue weighted by atomic mass is 10.00. The number of carbonyl (C=O) groups is 1. The third-order valence-electron chi connectivity index (χ3n) is 3.47. The highest BCUT2D eigenvalue weighted by Gasteiger charge is 2.22. The topological polar surface area (TPSA) is 51.2 Å². The number of aromatic nitrogens is 1. The normalized spacial score (nSPS) is 15.9. The van der Waals surface area contributed by atoms with Gasteiger partial charge in [-0.2, -0.15) is 0 Å². The molecule has 0 aliphatic carbocycles. The Morgan fingerprint density at radius 3 is 2.71 bits per heavy atom. The van der Waals surface area contributed by atoms with Crippen molar-refractivity contribution >= 4 is 22.4 Å². The molecule has 1 aromatic carbocycles. The number of halogens is 1. The average molecular weight is 306 g/mol. The molecule has 1 saturated heterocycles. The monoisotopic (exact) mass is 306 g/mol. The van der Waals surface area contributed by atoms with E-state index in [4.69, 9.17) is 4.74 Å². The van der Waals surface area contributed by atoms with E-state index in [-0.39, 0.29) is 17.6 Å². The van der Waals surface area contributed by atoms with Crippen LogP contribution in [0.5, 0.6) is 0 Å². The summed E-state index contributed by atoms with van der Waals surface area (Å²) in [6.07, 6.45) is 1.50. The Balaban J connectivity index is 1.67. The average Bonchev–Trinajstić information content (AvgIpc) is 2.97. The van der Waals surface area contributed by atoms with E-state index < -0.39 is 0 Å². The van der Waals surface area contributed by atoms with Gasteiger partial charge in [-0.3, -0.25) is 4.79 Å². The SMILES string of the molecule is O=C(Nc1nc(-c2ccc(F)cc2)cs1)C1CCOCC1. The molecule has 0 atom stereocenters. The summed E-state index contributed by atoms with van der Waals surface area (Å²) in [7, 11) is 0. The first-order valence-corrected chi connectivity index (χ1v) is 7.70. The molecule has 1 aliphatic rings. The summed E-state index contributed by atoms with van der Waals surface area (Å²) in [5, 5.41) is 5.28. The number of thiazole rings is 1. The van der Waals surface area contributed by atoms with Crippen molar-refractivity contribution in [1.82, 2.24) is 4.98 Å². The predicted molar refractivity (Wildman–Crippen MR) is 79.7 cm³/mol. The molecule has 0 unspecified atom stereocenters. The standard InChI is InChI=1S/C15H15FN2O2S/c16-12-3-1-10(2-4-12)13-9-21-15(17-13)18-14(19)11-5-7-20-8-6-11/h1-4,9,11H,5-8H2,(H,17,18,19). The van der Waals surface area contributed by atoms with E-state index in [9.17, 15) is 9.18 Å². The van der Waals surface area contributed by atoms with Gasteiger partial charge < -0.3 is 10.1 Å². The van der Waals surface area contributed by atoms with E-state index in [0.29, 0.717) is 18.3 Å². The molecule has 3 rings (SSSR count). The molecule has 0 spiro atoms. The van der Waals surface area contributed by atoms with Gasteiger partial charge >= 0.3 is 0 Å². The first-order chi connectivity index (χ1) is 10.2. The van der Waals surface area contributed by atoms with Gasteiger partial charge in [0.05, 0.1) is 5.69 Å². The molecular weight excluding hydrogens is 291 g/mol. The van der Waals surface area contributed by atoms with Crippen LogP contribution in [-0.4, -0.2) is 24.1 Å². The molecule has 1 aromatic heterocycles. The van der Waals surface area contributed by atoms with Gasteiger partial charge in [0.15, 0.2) is 5.13 Å². The molecule has 110 valence electrons. The molecular formula is C15H15FN2O2S. The predicted octanol–water partition coefficient (Wildman–Crippen LogP) is 3.31. The lowest BCUT2D eigenvalue weighted by Gasteiger charge is -2.20. The number of amides is 1. The van der Waals surface area contributed by atoms with Crippen LogP contribution in [0, 0.1) is 11.7 Å². The molecule has 1 aliphatic heterocycles. The van der Waals surface area contributed by atoms with Crippen LogP contribution in [0.3, 0.4) is 0 Å². The molecule has 0 bridgehead atoms. The lowest BCUT2D eigenvalue weighted by Crippen LogP contribution is -2.28. The maximum absolute atomic E-state index is 12.9. The van der Waals surface area contributed by atoms with Gasteiger partial charge in [0.25, 0.3) is 0 Å². The lowest BCUT2D eigenvalue weighted by molar-refractivity contribution is -0.122. The molecule has 2 aromatic rings. The quantitative estimate of drug-likeness (QED) is 0.946. The van der Waals surface area contributed by atoms with Crippen molar-refractivity contribution in [1.29, 1.82) is 0 Å². The van der Waals surface area contributed by atoms with Crippen molar-refractivity contribution < 1.29 is 13.9 Å². The van der Waals surface area contributed by atoms with Crippen molar-refractivity contribution in [3.8, 4) is 11.3 Å². The van der Waals surface area contributed by atoms with Gasteiger partial charge in [-0.1, -0.05) is 0 Å². The third kappa shape index (κ3) is 3.46. The van der Waals surface area contributed by atoms with E-state index >= 15 is 0 Å². The minimum atomic E-state index is -0.276. The van der Waals surface area contributed by atoms with Crippen LogP contribution in [0.15, 0.2) is 29.6 Å². The highest BCUT2D eigenvalue weighted by atomic mass is 32.1. The van der Waals surface area contributed by atoms with Gasteiger partial charge in [-0.15, -0.1) is 11.3 Å². The maximum Gasteiger partial charge on any atom is 0.229 e. The van der Waals surface area contributed by atoms with E-state index in [1.807, 2.05) is 5.38 Å². The van der Waals surface area contributed by atoms with Crippen LogP contribution in [0.25, 0.3) is 11.3 Å². The van der Waals surface area contributed by atoms with Crippen LogP contribution < -0.4 is 5.32 Å². The Hall–Kier alpha value is -1.79. The highest BCUT2D eigenvalue weighted by Crippen LogP contribution is 2.26. The summed E-state index contributed by atoms with van der Waals surface area (Å²) in [6.45, 7) is 1.27. The van der Waals surface area contributed by atoms with Crippen molar-refractivity contribution in [2.75, 3.05) is 18.5 Å². The Labute approximate surface area is 126 Å². The number of hydrogen-bond acceptors (Lipinski definition) is 4. The number of benzene rings is 1. The minimum Gasteiger partial charge on any atom is -0.381 e. The summed E-state index contributed by atoms with van der Waals surface area (Å²) in [5.74, 6) is -0.280. The Kier molecular flexibility index (Phi) is 4.26. The zero-order valence-electron chi connectivity index (χ0n) is 11.3. The summed E-state index contributed by atoms with van der Waals surface area (Å²) >= 11 is 1.37. The second kappa shape index (κ2) is 6.32. The summed E-state index contributed by atoms with van der Waals surface area (Å²) in [6, 6.07) is 6.15. The molecule has 1 N–H and O–H groups in total. The number of carbonyl (C=O) groups excluding carboxylic acids is 1. The number of nitrogens with one attached hydrogen (secondary N) is 1. The fraction of sp³-hybridized carbons (Fsp3) is 0.333. The summed E-state index contributed by atoms with van der Waals surface area (Å²) in [4.78, 5) is 16.5. The molecule has 0 radical (unpaired) electrons. The van der Waals surface area contributed by atoms with Crippen molar-refractivity contribution in [3.05, 3.63) is 35.5 Å². The zero-order chi connectivity index (χ0) is 14.7. The van der Waals surface area contributed by atoms with Crippen LogP contribution in [0.2, 0.25) is 0 Å². The second-order valence-corrected chi connectivity index (χ2v) is 5.78. The molecule has 6 heteroatoms. The van der Waals surface area contributed by atoms with E-state index in [1.54, 1.807) is 12.1 Å². The summed E-state index contributed by atoms with van der Waals surface area (Å²) in [5.41, 5.74) is 1.57. The van der Waals surface area contributed by atoms with E-state index in [0.717, 1.165) is 24.1 Å². The van der Waals surface area contributed by atoms with Gasteiger partial charge in [-0.05, 0) is 37.1 Å². The molecule has 0 saturated carbocycles. The van der Waals surface area contributed by atoms with Crippen LogP contribution in [0.4, 0.5) is 9.52 Å². The zero-order valence-corrected chi connectivity index (χ0v) is 12.2. The smallest absolute Gasteiger partial charge is 0.229 e. The summed E-state index contributed by atoms with van der Waals surface area (Å²) < 4.78 is 18.1.